The van der Waals surface area contributed by atoms with E-state index >= 15 is 0 Å². The first-order valence-corrected chi connectivity index (χ1v) is 7.82. The molecule has 8 heteroatoms. The number of nitrogens with one attached hydrogen (secondary N) is 2. The zero-order valence-corrected chi connectivity index (χ0v) is 16.4. The van der Waals surface area contributed by atoms with E-state index in [0.717, 1.165) is 24.8 Å². The van der Waals surface area contributed by atoms with Gasteiger partial charge < -0.3 is 20.3 Å². The Morgan fingerprint density at radius 2 is 2.14 bits per heavy atom. The van der Waals surface area contributed by atoms with Crippen LogP contribution in [-0.2, 0) is 9.53 Å². The molecule has 0 radical (unpaired) electrons. The van der Waals surface area contributed by atoms with Gasteiger partial charge in [-0.2, -0.15) is 11.8 Å². The van der Waals surface area contributed by atoms with Gasteiger partial charge >= 0.3 is 0 Å². The van der Waals surface area contributed by atoms with Crippen molar-refractivity contribution >= 4 is 47.6 Å². The minimum absolute atomic E-state index is 0. The van der Waals surface area contributed by atoms with E-state index in [0.29, 0.717) is 13.2 Å². The second kappa shape index (κ2) is 10.5. The van der Waals surface area contributed by atoms with Gasteiger partial charge in [0.2, 0.25) is 5.91 Å². The highest BCUT2D eigenvalue weighted by Gasteiger charge is 2.28. The highest BCUT2D eigenvalue weighted by Crippen LogP contribution is 2.29. The third kappa shape index (κ3) is 8.10. The molecule has 2 N–H and O–H groups in total. The first-order chi connectivity index (χ1) is 9.48. The quantitative estimate of drug-likeness (QED) is 0.292. The lowest BCUT2D eigenvalue weighted by Gasteiger charge is -2.39. The van der Waals surface area contributed by atoms with Gasteiger partial charge in [0.15, 0.2) is 5.96 Å². The first-order valence-electron chi connectivity index (χ1n) is 6.83. The van der Waals surface area contributed by atoms with Gasteiger partial charge in [0.1, 0.15) is 0 Å². The molecule has 0 aromatic carbocycles. The van der Waals surface area contributed by atoms with Crippen LogP contribution in [0.1, 0.15) is 13.8 Å². The number of carbonyl (C=O) groups is 1. The lowest BCUT2D eigenvalue weighted by molar-refractivity contribution is -0.120. The van der Waals surface area contributed by atoms with Crippen molar-refractivity contribution in [1.29, 1.82) is 0 Å². The monoisotopic (exact) mass is 430 g/mol. The van der Waals surface area contributed by atoms with E-state index in [-0.39, 0.29) is 41.2 Å². The predicted molar refractivity (Wildman–Crippen MR) is 99.8 cm³/mol. The number of hydrogen-bond donors (Lipinski definition) is 2. The number of ether oxygens (including phenoxy) is 1. The third-order valence-corrected chi connectivity index (χ3v) is 4.27. The number of methoxy groups -OCH3 is 1. The molecule has 0 spiro atoms. The number of halogens is 1. The molecule has 124 valence electrons. The van der Waals surface area contributed by atoms with Crippen LogP contribution in [0.3, 0.4) is 0 Å². The Morgan fingerprint density at radius 1 is 1.43 bits per heavy atom. The second-order valence-corrected chi connectivity index (χ2v) is 7.08. The summed E-state index contributed by atoms with van der Waals surface area (Å²) in [5, 5.41) is 5.90. The second-order valence-electron chi connectivity index (χ2n) is 5.27. The summed E-state index contributed by atoms with van der Waals surface area (Å²) in [6.45, 7) is 7.65. The Bertz CT molecular complexity index is 353. The van der Waals surface area contributed by atoms with Crippen LogP contribution in [0.25, 0.3) is 0 Å². The normalized spacial score (nSPS) is 17.9. The largest absolute Gasteiger partial charge is 0.383 e. The molecule has 1 aliphatic rings. The molecule has 1 fully saturated rings. The van der Waals surface area contributed by atoms with Gasteiger partial charge in [-0.25, -0.2) is 0 Å². The van der Waals surface area contributed by atoms with Crippen LogP contribution in [0.15, 0.2) is 4.99 Å². The van der Waals surface area contributed by atoms with Gasteiger partial charge in [-0.1, -0.05) is 0 Å². The van der Waals surface area contributed by atoms with Gasteiger partial charge in [0.25, 0.3) is 0 Å². The maximum absolute atomic E-state index is 11.6. The number of amides is 1. The fraction of sp³-hybridized carbons (Fsp3) is 0.846. The van der Waals surface area contributed by atoms with E-state index < -0.39 is 0 Å². The lowest BCUT2D eigenvalue weighted by Crippen LogP contribution is -2.52. The van der Waals surface area contributed by atoms with Crippen molar-refractivity contribution in [3.8, 4) is 0 Å². The van der Waals surface area contributed by atoms with Crippen LogP contribution in [0.2, 0.25) is 0 Å². The van der Waals surface area contributed by atoms with E-state index in [4.69, 9.17) is 4.74 Å². The highest BCUT2D eigenvalue weighted by molar-refractivity contribution is 14.0. The molecule has 0 unspecified atom stereocenters. The molecule has 1 aliphatic heterocycles. The van der Waals surface area contributed by atoms with Crippen molar-refractivity contribution in [3.05, 3.63) is 0 Å². The standard InChI is InChI=1S/C13H26N4O2S.HI/c1-13(2)10-17(6-8-20-13)12(14-3)16-9-11(18)15-5-7-19-4;/h5-10H2,1-4H3,(H,14,16)(H,15,18);1H. The van der Waals surface area contributed by atoms with E-state index in [1.807, 2.05) is 11.8 Å². The van der Waals surface area contributed by atoms with E-state index in [2.05, 4.69) is 34.4 Å². The summed E-state index contributed by atoms with van der Waals surface area (Å²) >= 11 is 1.97. The van der Waals surface area contributed by atoms with Gasteiger partial charge in [-0.3, -0.25) is 9.79 Å². The van der Waals surface area contributed by atoms with Gasteiger partial charge in [-0.05, 0) is 13.8 Å². The maximum Gasteiger partial charge on any atom is 0.239 e. The number of thioether (sulfide) groups is 1. The zero-order chi connectivity index (χ0) is 15.0. The molecule has 6 nitrogen and oxygen atoms in total. The molecule has 0 atom stereocenters. The topological polar surface area (TPSA) is 66.0 Å². The molecular formula is C13H27IN4O2S. The van der Waals surface area contributed by atoms with Crippen molar-refractivity contribution in [1.82, 2.24) is 15.5 Å². The lowest BCUT2D eigenvalue weighted by atomic mass is 10.2. The summed E-state index contributed by atoms with van der Waals surface area (Å²) in [5.41, 5.74) is 0. The van der Waals surface area contributed by atoms with E-state index in [1.54, 1.807) is 14.2 Å². The fourth-order valence-corrected chi connectivity index (χ4v) is 3.16. The Balaban J connectivity index is 0.00000400. The zero-order valence-electron chi connectivity index (χ0n) is 13.3. The van der Waals surface area contributed by atoms with E-state index in [9.17, 15) is 4.79 Å². The van der Waals surface area contributed by atoms with Crippen LogP contribution in [0.4, 0.5) is 0 Å². The van der Waals surface area contributed by atoms with Crippen molar-refractivity contribution in [2.75, 3.05) is 52.7 Å². The summed E-state index contributed by atoms with van der Waals surface area (Å²) in [4.78, 5) is 18.1. The van der Waals surface area contributed by atoms with Gasteiger partial charge in [0.05, 0.1) is 13.2 Å². The van der Waals surface area contributed by atoms with Crippen LogP contribution in [0.5, 0.6) is 0 Å². The molecule has 1 amide bonds. The molecule has 0 aromatic heterocycles. The third-order valence-electron chi connectivity index (χ3n) is 2.97. The van der Waals surface area contributed by atoms with Crippen LogP contribution in [0, 0.1) is 0 Å². The summed E-state index contributed by atoms with van der Waals surface area (Å²) in [5.74, 6) is 1.82. The fourth-order valence-electron chi connectivity index (χ4n) is 2.04. The molecule has 1 rings (SSSR count). The Hall–Kier alpha value is -0.220. The Morgan fingerprint density at radius 3 is 2.71 bits per heavy atom. The Labute approximate surface area is 148 Å². The number of hydrogen-bond acceptors (Lipinski definition) is 4. The molecule has 1 saturated heterocycles. The minimum atomic E-state index is -0.0474. The number of nitrogens with zero attached hydrogens (tertiary/aromatic N) is 2. The molecule has 0 saturated carbocycles. The number of guanidine groups is 1. The summed E-state index contributed by atoms with van der Waals surface area (Å²) in [6, 6.07) is 0. The van der Waals surface area contributed by atoms with Crippen molar-refractivity contribution in [2.24, 2.45) is 4.99 Å². The van der Waals surface area contributed by atoms with E-state index in [1.165, 1.54) is 0 Å². The molecule has 21 heavy (non-hydrogen) atoms. The SMILES string of the molecule is CN=C(NCC(=O)NCCOC)N1CCSC(C)(C)C1.I. The number of rotatable bonds is 5. The number of carbonyl (C=O) groups excluding carboxylic acids is 1. The average molecular weight is 430 g/mol. The van der Waals surface area contributed by atoms with Gasteiger partial charge in [0, 0.05) is 44.3 Å². The smallest absolute Gasteiger partial charge is 0.239 e. The van der Waals surface area contributed by atoms with Crippen LogP contribution < -0.4 is 10.6 Å². The van der Waals surface area contributed by atoms with Crippen molar-refractivity contribution < 1.29 is 9.53 Å². The molecule has 1 heterocycles. The van der Waals surface area contributed by atoms with Crippen molar-refractivity contribution in [3.63, 3.8) is 0 Å². The van der Waals surface area contributed by atoms with Crippen LogP contribution in [-0.4, -0.2) is 74.2 Å². The van der Waals surface area contributed by atoms with Crippen LogP contribution >= 0.6 is 35.7 Å². The molecule has 0 aromatic rings. The first kappa shape index (κ1) is 20.8. The summed E-state index contributed by atoms with van der Waals surface area (Å²) in [7, 11) is 3.36. The van der Waals surface area contributed by atoms with Gasteiger partial charge in [-0.15, -0.1) is 24.0 Å². The highest BCUT2D eigenvalue weighted by atomic mass is 127. The predicted octanol–water partition coefficient (Wildman–Crippen LogP) is 0.770. The molecular weight excluding hydrogens is 403 g/mol. The maximum atomic E-state index is 11.6. The average Bonchev–Trinajstić information content (AvgIpc) is 2.38. The molecule has 0 bridgehead atoms. The minimum Gasteiger partial charge on any atom is -0.383 e. The summed E-state index contributed by atoms with van der Waals surface area (Å²) in [6.07, 6.45) is 0. The summed E-state index contributed by atoms with van der Waals surface area (Å²) < 4.78 is 5.11. The Kier molecular flexibility index (Phi) is 10.4. The number of aliphatic imine (C=N–C) groups is 1. The molecule has 0 aliphatic carbocycles. The van der Waals surface area contributed by atoms with Crippen molar-refractivity contribution in [2.45, 2.75) is 18.6 Å².